The number of nitrogens with one attached hydrogen (secondary N) is 1. The second-order valence-electron chi connectivity index (χ2n) is 1.44. The van der Waals surface area contributed by atoms with E-state index in [0.29, 0.717) is 0 Å². The molecule has 0 aliphatic heterocycles. The van der Waals surface area contributed by atoms with Crippen LogP contribution >= 0.6 is 0 Å². The SMILES string of the molecule is O=c1ccn([S-])c(=O)[nH]1. The maximum absolute atomic E-state index is 10.4. The molecule has 1 aromatic rings. The van der Waals surface area contributed by atoms with Gasteiger partial charge in [-0.2, -0.15) is 0 Å². The first-order chi connectivity index (χ1) is 4.20. The zero-order chi connectivity index (χ0) is 6.85. The summed E-state index contributed by atoms with van der Waals surface area (Å²) >= 11 is 4.45. The first-order valence-corrected chi connectivity index (χ1v) is 2.56. The Labute approximate surface area is 55.7 Å². The van der Waals surface area contributed by atoms with Crippen LogP contribution in [0.5, 0.6) is 0 Å². The van der Waals surface area contributed by atoms with Crippen LogP contribution in [0.3, 0.4) is 0 Å². The van der Waals surface area contributed by atoms with Crippen molar-refractivity contribution in [2.45, 2.75) is 0 Å². The maximum Gasteiger partial charge on any atom is 0.309 e. The van der Waals surface area contributed by atoms with Crippen molar-refractivity contribution in [3.63, 3.8) is 0 Å². The van der Waals surface area contributed by atoms with Gasteiger partial charge in [0.15, 0.2) is 0 Å². The van der Waals surface area contributed by atoms with Crippen molar-refractivity contribution in [3.8, 4) is 0 Å². The third-order valence-corrected chi connectivity index (χ3v) is 1.08. The topological polar surface area (TPSA) is 54.9 Å². The molecule has 4 nitrogen and oxygen atoms in total. The fraction of sp³-hybridized carbons (Fsp3) is 0. The molecule has 0 saturated heterocycles. The van der Waals surface area contributed by atoms with Crippen molar-refractivity contribution in [1.29, 1.82) is 0 Å². The second-order valence-corrected chi connectivity index (χ2v) is 1.83. The molecule has 5 heteroatoms. The highest BCUT2D eigenvalue weighted by molar-refractivity contribution is 7.56. The molecule has 1 heterocycles. The van der Waals surface area contributed by atoms with E-state index in [1.165, 1.54) is 12.3 Å². The van der Waals surface area contributed by atoms with E-state index in [9.17, 15) is 9.59 Å². The summed E-state index contributed by atoms with van der Waals surface area (Å²) in [7, 11) is 0. The molecular formula is C4H3N2O2S-. The van der Waals surface area contributed by atoms with Crippen molar-refractivity contribution in [3.05, 3.63) is 33.1 Å². The van der Waals surface area contributed by atoms with Gasteiger partial charge in [-0.1, -0.05) is 0 Å². The largest absolute Gasteiger partial charge is 0.683 e. The van der Waals surface area contributed by atoms with Crippen molar-refractivity contribution < 1.29 is 0 Å². The van der Waals surface area contributed by atoms with E-state index < -0.39 is 11.2 Å². The van der Waals surface area contributed by atoms with Gasteiger partial charge >= 0.3 is 5.69 Å². The molecule has 0 amide bonds. The highest BCUT2D eigenvalue weighted by atomic mass is 32.1. The van der Waals surface area contributed by atoms with Crippen LogP contribution in [0.2, 0.25) is 0 Å². The summed E-state index contributed by atoms with van der Waals surface area (Å²) in [4.78, 5) is 22.8. The van der Waals surface area contributed by atoms with Crippen molar-refractivity contribution >= 4 is 12.8 Å². The fourth-order valence-electron chi connectivity index (χ4n) is 0.405. The van der Waals surface area contributed by atoms with Crippen molar-refractivity contribution in [2.75, 3.05) is 0 Å². The lowest BCUT2D eigenvalue weighted by atomic mass is 10.7. The Hall–Kier alpha value is -1.10. The summed E-state index contributed by atoms with van der Waals surface area (Å²) in [5.74, 6) is 0. The number of hydrogen-bond acceptors (Lipinski definition) is 3. The van der Waals surface area contributed by atoms with Crippen LogP contribution in [0.25, 0.3) is 0 Å². The highest BCUT2D eigenvalue weighted by Gasteiger charge is 1.80. The van der Waals surface area contributed by atoms with Gasteiger partial charge in [-0.25, -0.2) is 4.79 Å². The highest BCUT2D eigenvalue weighted by Crippen LogP contribution is 1.62. The van der Waals surface area contributed by atoms with Gasteiger partial charge in [-0.3, -0.25) is 9.78 Å². The van der Waals surface area contributed by atoms with E-state index in [2.05, 4.69) is 12.8 Å². The first-order valence-electron chi connectivity index (χ1n) is 2.19. The monoisotopic (exact) mass is 143 g/mol. The fourth-order valence-corrected chi connectivity index (χ4v) is 0.512. The van der Waals surface area contributed by atoms with Crippen LogP contribution in [0, 0.1) is 0 Å². The molecular weight excluding hydrogens is 140 g/mol. The Morgan fingerprint density at radius 2 is 2.22 bits per heavy atom. The molecule has 0 radical (unpaired) electrons. The molecule has 1 aromatic heterocycles. The Kier molecular flexibility index (Phi) is 1.35. The molecule has 0 fully saturated rings. The predicted molar refractivity (Wildman–Crippen MR) is 34.1 cm³/mol. The molecule has 0 spiro atoms. The van der Waals surface area contributed by atoms with Gasteiger partial charge in [-0.05, 0) is 6.20 Å². The van der Waals surface area contributed by atoms with E-state index in [4.69, 9.17) is 0 Å². The smallest absolute Gasteiger partial charge is 0.309 e. The number of rotatable bonds is 0. The summed E-state index contributed by atoms with van der Waals surface area (Å²) < 4.78 is 0.876. The molecule has 9 heavy (non-hydrogen) atoms. The second kappa shape index (κ2) is 2.02. The Morgan fingerprint density at radius 1 is 1.56 bits per heavy atom. The van der Waals surface area contributed by atoms with E-state index in [-0.39, 0.29) is 0 Å². The Morgan fingerprint density at radius 3 is 2.67 bits per heavy atom. The number of aromatic amines is 1. The van der Waals surface area contributed by atoms with Gasteiger partial charge in [0.1, 0.15) is 0 Å². The third kappa shape index (κ3) is 1.17. The van der Waals surface area contributed by atoms with Gasteiger partial charge in [-0.15, -0.1) is 0 Å². The number of H-pyrrole nitrogens is 1. The summed E-state index contributed by atoms with van der Waals surface area (Å²) in [6.45, 7) is 0. The van der Waals surface area contributed by atoms with Crippen LogP contribution in [0.1, 0.15) is 0 Å². The standard InChI is InChI=1S/C4H3N2O2S/c7-3-1-2-6(9)4(8)5-3/h1-2H,(H,5,7,8)/q-1. The normalized spacial score (nSPS) is 9.33. The zero-order valence-corrected chi connectivity index (χ0v) is 5.14. The van der Waals surface area contributed by atoms with E-state index in [0.717, 1.165) is 3.97 Å². The lowest BCUT2D eigenvalue weighted by Gasteiger charge is -2.04. The van der Waals surface area contributed by atoms with Gasteiger partial charge in [0.2, 0.25) is 0 Å². The number of aromatic nitrogens is 2. The summed E-state index contributed by atoms with van der Waals surface area (Å²) in [5.41, 5.74) is -1.00. The molecule has 1 N–H and O–H groups in total. The van der Waals surface area contributed by atoms with E-state index in [1.807, 2.05) is 4.98 Å². The van der Waals surface area contributed by atoms with Crippen LogP contribution in [-0.4, -0.2) is 8.96 Å². The van der Waals surface area contributed by atoms with E-state index >= 15 is 0 Å². The summed E-state index contributed by atoms with van der Waals surface area (Å²) in [6, 6.07) is 1.19. The minimum absolute atomic E-state index is 0.430. The van der Waals surface area contributed by atoms with Crippen molar-refractivity contribution in [2.24, 2.45) is 0 Å². The molecule has 0 atom stereocenters. The molecule has 0 aliphatic carbocycles. The van der Waals surface area contributed by atoms with Gasteiger partial charge < -0.3 is 16.8 Å². The van der Waals surface area contributed by atoms with E-state index in [1.54, 1.807) is 0 Å². The van der Waals surface area contributed by atoms with Gasteiger partial charge in [0.25, 0.3) is 5.56 Å². The zero-order valence-electron chi connectivity index (χ0n) is 4.33. The van der Waals surface area contributed by atoms with Gasteiger partial charge in [0.05, 0.1) is 0 Å². The maximum atomic E-state index is 10.4. The summed E-state index contributed by atoms with van der Waals surface area (Å²) in [5, 5.41) is 0. The van der Waals surface area contributed by atoms with Crippen LogP contribution < -0.4 is 11.2 Å². The van der Waals surface area contributed by atoms with Crippen LogP contribution in [0.15, 0.2) is 21.9 Å². The molecule has 48 valence electrons. The lowest BCUT2D eigenvalue weighted by Crippen LogP contribution is -2.25. The lowest BCUT2D eigenvalue weighted by molar-refractivity contribution is 0.993. The molecule has 0 aromatic carbocycles. The number of nitrogens with zero attached hydrogens (tertiary/aromatic N) is 1. The van der Waals surface area contributed by atoms with Crippen LogP contribution in [0.4, 0.5) is 0 Å². The minimum atomic E-state index is -0.572. The molecule has 0 saturated carbocycles. The third-order valence-electron chi connectivity index (χ3n) is 0.792. The molecule has 0 aliphatic rings. The first kappa shape index (κ1) is 6.03. The molecule has 0 bridgehead atoms. The minimum Gasteiger partial charge on any atom is -0.683 e. The quantitative estimate of drug-likeness (QED) is 0.466. The molecule has 1 rings (SSSR count). The summed E-state index contributed by atoms with van der Waals surface area (Å²) in [6.07, 6.45) is 1.23. The van der Waals surface area contributed by atoms with Crippen molar-refractivity contribution in [1.82, 2.24) is 8.96 Å². The van der Waals surface area contributed by atoms with Crippen LogP contribution in [-0.2, 0) is 12.8 Å². The Bertz CT molecular complexity index is 313. The molecule has 0 unspecified atom stereocenters. The average Bonchev–Trinajstić information content (AvgIpc) is 1.80. The Balaban J connectivity index is 3.52. The van der Waals surface area contributed by atoms with Gasteiger partial charge in [0, 0.05) is 6.07 Å². The average molecular weight is 143 g/mol. The number of hydrogen-bond donors (Lipinski definition) is 1. The predicted octanol–water partition coefficient (Wildman–Crippen LogP) is -1.15.